The van der Waals surface area contributed by atoms with Gasteiger partial charge in [0.1, 0.15) is 17.1 Å². The fourth-order valence-electron chi connectivity index (χ4n) is 8.15. The maximum absolute atomic E-state index is 13.6. The van der Waals surface area contributed by atoms with E-state index in [9.17, 15) is 4.79 Å². The predicted octanol–water partition coefficient (Wildman–Crippen LogP) is 14.4. The molecule has 0 radical (unpaired) electrons. The summed E-state index contributed by atoms with van der Waals surface area (Å²) in [4.78, 5) is 13.6. The second kappa shape index (κ2) is 16.3. The lowest BCUT2D eigenvalue weighted by Crippen LogP contribution is -2.48. The van der Waals surface area contributed by atoms with Crippen LogP contribution in [0, 0.1) is 13.8 Å². The zero-order valence-electron chi connectivity index (χ0n) is 36.8. The van der Waals surface area contributed by atoms with Crippen molar-refractivity contribution in [1.82, 2.24) is 0 Å². The summed E-state index contributed by atoms with van der Waals surface area (Å²) < 4.78 is 34.7. The molecule has 0 atom stereocenters. The molecule has 1 fully saturated rings. The van der Waals surface area contributed by atoms with Crippen LogP contribution in [0.25, 0.3) is 11.1 Å². The Balaban J connectivity index is 1.52. The number of benzene rings is 6. The highest BCUT2D eigenvalue weighted by Crippen LogP contribution is 2.71. The van der Waals surface area contributed by atoms with Gasteiger partial charge in [0, 0.05) is 22.3 Å². The summed E-state index contributed by atoms with van der Waals surface area (Å²) in [6.07, 6.45) is -0.776. The zero-order chi connectivity index (χ0) is 43.1. The molecule has 0 saturated carbocycles. The van der Waals surface area contributed by atoms with Crippen molar-refractivity contribution in [2.24, 2.45) is 0 Å². The molecule has 0 aromatic heterocycles. The minimum Gasteiger partial charge on any atom is -0.428 e. The van der Waals surface area contributed by atoms with E-state index in [4.69, 9.17) is 23.0 Å². The summed E-state index contributed by atoms with van der Waals surface area (Å²) in [5, 5.41) is 0. The molecule has 0 spiro atoms. The van der Waals surface area contributed by atoms with E-state index in [1.165, 1.54) is 0 Å². The van der Waals surface area contributed by atoms with Gasteiger partial charge in [-0.15, -0.1) is 0 Å². The van der Waals surface area contributed by atoms with E-state index in [2.05, 4.69) is 128 Å². The molecule has 310 valence electrons. The van der Waals surface area contributed by atoms with Crippen LogP contribution < -0.4 is 9.26 Å². The standard InChI is InChI=1S/C53H57O6P/c1-36-32-42(46(44(34-36)49(3,4)5)55-48(54)56-51(9,10)11)43-33-37(2)35-45(50(6,7)8)47(43)57-60-58-52(38-24-16-12-17-25-38,39-26-18-13-19-27-39)53(59-60,40-28-20-14-21-29-40)41-30-22-15-23-31-41/h12-35H,1-11H3. The van der Waals surface area contributed by atoms with Gasteiger partial charge in [-0.1, -0.05) is 175 Å². The van der Waals surface area contributed by atoms with Crippen LogP contribution in [0.2, 0.25) is 0 Å². The molecule has 60 heavy (non-hydrogen) atoms. The number of rotatable bonds is 8. The first kappa shape index (κ1) is 42.8. The predicted molar refractivity (Wildman–Crippen MR) is 243 cm³/mol. The lowest BCUT2D eigenvalue weighted by molar-refractivity contribution is 0.00370. The number of ether oxygens (including phenoxy) is 2. The largest absolute Gasteiger partial charge is 0.514 e. The zero-order valence-corrected chi connectivity index (χ0v) is 37.6. The van der Waals surface area contributed by atoms with Crippen LogP contribution in [-0.2, 0) is 35.8 Å². The molecule has 0 unspecified atom stereocenters. The number of hydrogen-bond acceptors (Lipinski definition) is 6. The Labute approximate surface area is 357 Å². The lowest BCUT2D eigenvalue weighted by atomic mass is 9.66. The fraction of sp³-hybridized carbons (Fsp3) is 0.302. The van der Waals surface area contributed by atoms with Crippen molar-refractivity contribution in [2.75, 3.05) is 0 Å². The van der Waals surface area contributed by atoms with Crippen LogP contribution in [0.4, 0.5) is 4.79 Å². The van der Waals surface area contributed by atoms with E-state index >= 15 is 0 Å². The van der Waals surface area contributed by atoms with E-state index in [0.29, 0.717) is 17.1 Å². The number of carbonyl (C=O) groups is 1. The summed E-state index contributed by atoms with van der Waals surface area (Å²) >= 11 is 0. The first-order valence-corrected chi connectivity index (χ1v) is 21.7. The van der Waals surface area contributed by atoms with E-state index in [-0.39, 0.29) is 5.41 Å². The van der Waals surface area contributed by atoms with Crippen LogP contribution in [0.1, 0.15) is 107 Å². The van der Waals surface area contributed by atoms with Gasteiger partial charge in [-0.25, -0.2) is 4.79 Å². The summed E-state index contributed by atoms with van der Waals surface area (Å²) in [6, 6.07) is 49.6. The second-order valence-corrected chi connectivity index (χ2v) is 19.8. The topological polar surface area (TPSA) is 63.2 Å². The molecule has 0 amide bonds. The Morgan fingerprint density at radius 2 is 0.833 bits per heavy atom. The monoisotopic (exact) mass is 820 g/mol. The summed E-state index contributed by atoms with van der Waals surface area (Å²) in [5.41, 5.74) is 5.01. The maximum atomic E-state index is 13.6. The maximum Gasteiger partial charge on any atom is 0.514 e. The molecule has 6 nitrogen and oxygen atoms in total. The van der Waals surface area contributed by atoms with E-state index in [1.54, 1.807) is 0 Å². The molecule has 1 aliphatic rings. The van der Waals surface area contributed by atoms with E-state index in [1.807, 2.05) is 93.6 Å². The first-order valence-electron chi connectivity index (χ1n) is 20.6. The molecule has 1 saturated heterocycles. The van der Waals surface area contributed by atoms with Crippen LogP contribution >= 0.6 is 8.60 Å². The molecule has 7 rings (SSSR count). The molecule has 0 aliphatic carbocycles. The van der Waals surface area contributed by atoms with Gasteiger partial charge in [-0.05, 0) is 91.0 Å². The van der Waals surface area contributed by atoms with Gasteiger partial charge in [-0.2, -0.15) is 0 Å². The van der Waals surface area contributed by atoms with Gasteiger partial charge in [0.2, 0.25) is 0 Å². The van der Waals surface area contributed by atoms with Crippen molar-refractivity contribution in [1.29, 1.82) is 0 Å². The molecular weight excluding hydrogens is 764 g/mol. The Hall–Kier alpha value is -5.26. The van der Waals surface area contributed by atoms with Crippen LogP contribution in [0.15, 0.2) is 146 Å². The fourth-order valence-corrected chi connectivity index (χ4v) is 9.74. The average Bonchev–Trinajstić information content (AvgIpc) is 3.55. The van der Waals surface area contributed by atoms with Crippen molar-refractivity contribution >= 4 is 14.8 Å². The minimum atomic E-state index is -2.19. The molecule has 0 N–H and O–H groups in total. The smallest absolute Gasteiger partial charge is 0.428 e. The summed E-state index contributed by atoms with van der Waals surface area (Å²) in [6.45, 7) is 22.5. The van der Waals surface area contributed by atoms with Crippen LogP contribution in [0.3, 0.4) is 0 Å². The SMILES string of the molecule is Cc1cc(-c2cc(C)cc(C(C)(C)C)c2OP2OC(c3ccccc3)(c3ccccc3)C(c3ccccc3)(c3ccccc3)O2)c(OC(=O)OC(C)(C)C)c(C(C)(C)C)c1. The van der Waals surface area contributed by atoms with Crippen molar-refractivity contribution in [3.8, 4) is 22.6 Å². The molecule has 6 aromatic rings. The third-order valence-electron chi connectivity index (χ3n) is 10.8. The highest BCUT2D eigenvalue weighted by Gasteiger charge is 2.67. The van der Waals surface area contributed by atoms with Gasteiger partial charge >= 0.3 is 14.8 Å². The molecule has 1 heterocycles. The summed E-state index contributed by atoms with van der Waals surface area (Å²) in [7, 11) is -2.19. The van der Waals surface area contributed by atoms with Crippen LogP contribution in [-0.4, -0.2) is 11.8 Å². The van der Waals surface area contributed by atoms with Gasteiger partial charge in [0.15, 0.2) is 11.2 Å². The molecule has 7 heteroatoms. The molecule has 0 bridgehead atoms. The Morgan fingerprint density at radius 3 is 1.17 bits per heavy atom. The van der Waals surface area contributed by atoms with Crippen molar-refractivity contribution in [3.63, 3.8) is 0 Å². The Bertz CT molecular complexity index is 2270. The summed E-state index contributed by atoms with van der Waals surface area (Å²) in [5.74, 6) is 1.01. The molecule has 1 aliphatic heterocycles. The Morgan fingerprint density at radius 1 is 0.500 bits per heavy atom. The second-order valence-electron chi connectivity index (χ2n) is 18.8. The quantitative estimate of drug-likeness (QED) is 0.0866. The van der Waals surface area contributed by atoms with Crippen molar-refractivity contribution in [3.05, 3.63) is 190 Å². The highest BCUT2D eigenvalue weighted by molar-refractivity contribution is 7.42. The normalized spacial score (nSPS) is 15.4. The van der Waals surface area contributed by atoms with E-state index < -0.39 is 37.0 Å². The first-order chi connectivity index (χ1) is 28.3. The molecule has 6 aromatic carbocycles. The van der Waals surface area contributed by atoms with Gasteiger partial charge in [0.05, 0.1) is 0 Å². The lowest BCUT2D eigenvalue weighted by Gasteiger charge is -2.43. The van der Waals surface area contributed by atoms with Gasteiger partial charge < -0.3 is 14.0 Å². The number of aryl methyl sites for hydroxylation is 2. The molecular formula is C53H57O6P. The van der Waals surface area contributed by atoms with Crippen molar-refractivity contribution < 1.29 is 27.8 Å². The van der Waals surface area contributed by atoms with Crippen LogP contribution in [0.5, 0.6) is 11.5 Å². The average molecular weight is 821 g/mol. The highest BCUT2D eigenvalue weighted by atomic mass is 31.2. The van der Waals surface area contributed by atoms with Gasteiger partial charge in [-0.3, -0.25) is 9.05 Å². The van der Waals surface area contributed by atoms with E-state index in [0.717, 1.165) is 50.1 Å². The third kappa shape index (κ3) is 8.26. The Kier molecular flexibility index (Phi) is 11.6. The minimum absolute atomic E-state index is 0.389. The van der Waals surface area contributed by atoms with Gasteiger partial charge in [0.25, 0.3) is 0 Å². The number of carbonyl (C=O) groups excluding carboxylic acids is 1. The number of hydrogen-bond donors (Lipinski definition) is 0. The van der Waals surface area contributed by atoms with Crippen molar-refractivity contribution in [2.45, 2.75) is 104 Å². The third-order valence-corrected chi connectivity index (χ3v) is 11.9.